The van der Waals surface area contributed by atoms with Crippen LogP contribution >= 0.6 is 0 Å². The molecule has 2 rings (SSSR count). The topological polar surface area (TPSA) is 52.6 Å². The summed E-state index contributed by atoms with van der Waals surface area (Å²) < 4.78 is 0. The Balaban J connectivity index is 1.99. The number of hydrogen-bond donors (Lipinski definition) is 2. The van der Waals surface area contributed by atoms with Gasteiger partial charge < -0.3 is 15.3 Å². The predicted octanol–water partition coefficient (Wildman–Crippen LogP) is 2.14. The van der Waals surface area contributed by atoms with E-state index in [2.05, 4.69) is 24.2 Å². The molecule has 2 atom stereocenters. The molecule has 2 unspecified atom stereocenters. The predicted molar refractivity (Wildman–Crippen MR) is 72.1 cm³/mol. The number of hydrogen-bond acceptors (Lipinski definition) is 3. The van der Waals surface area contributed by atoms with Gasteiger partial charge in [-0.3, -0.25) is 0 Å². The highest BCUT2D eigenvalue weighted by molar-refractivity contribution is 5.87. The summed E-state index contributed by atoms with van der Waals surface area (Å²) in [4.78, 5) is 13.1. The highest BCUT2D eigenvalue weighted by Gasteiger charge is 2.23. The van der Waals surface area contributed by atoms with Gasteiger partial charge in [-0.05, 0) is 50.2 Å². The highest BCUT2D eigenvalue weighted by atomic mass is 16.4. The van der Waals surface area contributed by atoms with E-state index in [1.54, 1.807) is 12.1 Å². The number of carbonyl (C=O) groups is 1. The first-order valence-electron chi connectivity index (χ1n) is 6.34. The van der Waals surface area contributed by atoms with E-state index in [4.69, 9.17) is 5.11 Å². The molecular weight excluding hydrogens is 228 g/mol. The molecule has 0 saturated carbocycles. The van der Waals surface area contributed by atoms with E-state index in [9.17, 15) is 4.79 Å². The Kier molecular flexibility index (Phi) is 3.87. The molecule has 0 aliphatic carbocycles. The summed E-state index contributed by atoms with van der Waals surface area (Å²) in [5, 5.41) is 12.3. The Labute approximate surface area is 108 Å². The van der Waals surface area contributed by atoms with Crippen molar-refractivity contribution >= 4 is 11.7 Å². The highest BCUT2D eigenvalue weighted by Crippen LogP contribution is 2.20. The third-order valence-electron chi connectivity index (χ3n) is 3.59. The molecule has 0 radical (unpaired) electrons. The van der Waals surface area contributed by atoms with Crippen LogP contribution < -0.4 is 5.32 Å². The van der Waals surface area contributed by atoms with Gasteiger partial charge in [-0.15, -0.1) is 0 Å². The van der Waals surface area contributed by atoms with Crippen LogP contribution in [0.1, 0.15) is 23.7 Å². The van der Waals surface area contributed by atoms with E-state index >= 15 is 0 Å². The van der Waals surface area contributed by atoms with Gasteiger partial charge in [0.05, 0.1) is 5.56 Å². The van der Waals surface area contributed by atoms with Crippen molar-refractivity contribution in [2.45, 2.75) is 19.4 Å². The van der Waals surface area contributed by atoms with Crippen LogP contribution in [0.25, 0.3) is 0 Å². The summed E-state index contributed by atoms with van der Waals surface area (Å²) in [6.07, 6.45) is 1.12. The molecule has 1 fully saturated rings. The Hall–Kier alpha value is -1.55. The molecule has 1 aliphatic heterocycles. The third kappa shape index (κ3) is 3.01. The minimum absolute atomic E-state index is 0.331. The largest absolute Gasteiger partial charge is 0.478 e. The lowest BCUT2D eigenvalue weighted by Gasteiger charge is -2.35. The zero-order chi connectivity index (χ0) is 13.1. The Morgan fingerprint density at radius 1 is 1.39 bits per heavy atom. The van der Waals surface area contributed by atoms with Crippen molar-refractivity contribution < 1.29 is 9.90 Å². The molecule has 0 bridgehead atoms. The fourth-order valence-corrected chi connectivity index (χ4v) is 2.49. The fraction of sp³-hybridized carbons (Fsp3) is 0.500. The average Bonchev–Trinajstić information content (AvgIpc) is 2.33. The minimum Gasteiger partial charge on any atom is -0.478 e. The van der Waals surface area contributed by atoms with Crippen LogP contribution in [-0.4, -0.2) is 42.2 Å². The van der Waals surface area contributed by atoms with E-state index in [-0.39, 0.29) is 0 Å². The van der Waals surface area contributed by atoms with Crippen LogP contribution in [0.2, 0.25) is 0 Å². The monoisotopic (exact) mass is 248 g/mol. The van der Waals surface area contributed by atoms with Gasteiger partial charge in [0.1, 0.15) is 0 Å². The molecule has 0 amide bonds. The number of nitrogens with zero attached hydrogens (tertiary/aromatic N) is 1. The Bertz CT molecular complexity index is 416. The fourth-order valence-electron chi connectivity index (χ4n) is 2.49. The molecule has 98 valence electrons. The van der Waals surface area contributed by atoms with Gasteiger partial charge in [0.2, 0.25) is 0 Å². The van der Waals surface area contributed by atoms with Gasteiger partial charge in [-0.1, -0.05) is 6.92 Å². The van der Waals surface area contributed by atoms with Crippen LogP contribution in [0, 0.1) is 5.92 Å². The molecular formula is C14H20N2O2. The molecule has 1 aromatic rings. The molecule has 4 nitrogen and oxygen atoms in total. The first kappa shape index (κ1) is 12.9. The number of benzene rings is 1. The number of nitrogens with one attached hydrogen (secondary N) is 1. The smallest absolute Gasteiger partial charge is 0.335 e. The van der Waals surface area contributed by atoms with E-state index in [1.165, 1.54) is 0 Å². The van der Waals surface area contributed by atoms with Gasteiger partial charge in [0.15, 0.2) is 0 Å². The van der Waals surface area contributed by atoms with Crippen LogP contribution in [0.3, 0.4) is 0 Å². The van der Waals surface area contributed by atoms with E-state index in [1.807, 2.05) is 12.1 Å². The normalized spacial score (nSPS) is 24.8. The number of aromatic carboxylic acids is 1. The third-order valence-corrected chi connectivity index (χ3v) is 3.59. The quantitative estimate of drug-likeness (QED) is 0.860. The van der Waals surface area contributed by atoms with Gasteiger partial charge >= 0.3 is 5.97 Å². The van der Waals surface area contributed by atoms with Crippen molar-refractivity contribution in [2.24, 2.45) is 5.92 Å². The molecule has 0 spiro atoms. The molecule has 18 heavy (non-hydrogen) atoms. The molecule has 1 aromatic carbocycles. The summed E-state index contributed by atoms with van der Waals surface area (Å²) in [5.74, 6) is -0.280. The van der Waals surface area contributed by atoms with Crippen molar-refractivity contribution in [3.8, 4) is 0 Å². The summed E-state index contributed by atoms with van der Waals surface area (Å²) >= 11 is 0. The second-order valence-electron chi connectivity index (χ2n) is 5.16. The summed E-state index contributed by atoms with van der Waals surface area (Å²) in [7, 11) is 2.15. The number of likely N-dealkylation sites (tertiary alicyclic amines) is 1. The van der Waals surface area contributed by atoms with E-state index in [0.717, 1.165) is 25.2 Å². The number of carboxylic acid groups (broad SMARTS) is 1. The summed E-state index contributed by atoms with van der Waals surface area (Å²) in [6.45, 7) is 4.46. The first-order valence-corrected chi connectivity index (χ1v) is 6.34. The Morgan fingerprint density at radius 2 is 2.06 bits per heavy atom. The molecule has 4 heteroatoms. The molecule has 1 saturated heterocycles. The van der Waals surface area contributed by atoms with Crippen molar-refractivity contribution in [1.29, 1.82) is 0 Å². The zero-order valence-electron chi connectivity index (χ0n) is 10.9. The second-order valence-corrected chi connectivity index (χ2v) is 5.16. The minimum atomic E-state index is -0.880. The lowest BCUT2D eigenvalue weighted by atomic mass is 9.94. The maximum absolute atomic E-state index is 10.8. The first-order chi connectivity index (χ1) is 8.56. The molecule has 0 aromatic heterocycles. The lowest BCUT2D eigenvalue weighted by Crippen LogP contribution is -2.43. The lowest BCUT2D eigenvalue weighted by molar-refractivity contribution is 0.0697. The number of carboxylic acids is 1. The molecule has 2 N–H and O–H groups in total. The van der Waals surface area contributed by atoms with Gasteiger partial charge in [-0.25, -0.2) is 4.79 Å². The maximum Gasteiger partial charge on any atom is 0.335 e. The van der Waals surface area contributed by atoms with E-state index in [0.29, 0.717) is 17.5 Å². The Morgan fingerprint density at radius 3 is 2.61 bits per heavy atom. The van der Waals surface area contributed by atoms with Crippen molar-refractivity contribution in [2.75, 3.05) is 25.5 Å². The molecule has 1 aliphatic rings. The van der Waals surface area contributed by atoms with Crippen LogP contribution in [-0.2, 0) is 0 Å². The van der Waals surface area contributed by atoms with Crippen molar-refractivity contribution in [1.82, 2.24) is 4.90 Å². The number of piperidine rings is 1. The number of rotatable bonds is 3. The van der Waals surface area contributed by atoms with Gasteiger partial charge in [-0.2, -0.15) is 0 Å². The van der Waals surface area contributed by atoms with Crippen LogP contribution in [0.4, 0.5) is 5.69 Å². The van der Waals surface area contributed by atoms with Crippen molar-refractivity contribution in [3.05, 3.63) is 29.8 Å². The van der Waals surface area contributed by atoms with Crippen LogP contribution in [0.5, 0.6) is 0 Å². The standard InChI is InChI=1S/C14H20N2O2/c1-10-9-16(2)8-7-13(10)15-12-5-3-11(4-6-12)14(17)18/h3-6,10,13,15H,7-9H2,1-2H3,(H,17,18). The SMILES string of the molecule is CC1CN(C)CCC1Nc1ccc(C(=O)O)cc1. The van der Waals surface area contributed by atoms with Crippen molar-refractivity contribution in [3.63, 3.8) is 0 Å². The zero-order valence-corrected chi connectivity index (χ0v) is 10.9. The maximum atomic E-state index is 10.8. The summed E-state index contributed by atoms with van der Waals surface area (Å²) in [5.41, 5.74) is 1.33. The van der Waals surface area contributed by atoms with Crippen LogP contribution in [0.15, 0.2) is 24.3 Å². The van der Waals surface area contributed by atoms with E-state index < -0.39 is 5.97 Å². The molecule has 1 heterocycles. The average molecular weight is 248 g/mol. The van der Waals surface area contributed by atoms with Gasteiger partial charge in [0.25, 0.3) is 0 Å². The number of anilines is 1. The van der Waals surface area contributed by atoms with Gasteiger partial charge in [0, 0.05) is 18.3 Å². The summed E-state index contributed by atoms with van der Waals surface area (Å²) in [6, 6.07) is 7.44. The second kappa shape index (κ2) is 5.40.